The van der Waals surface area contributed by atoms with Crippen molar-refractivity contribution < 1.29 is 18.7 Å². The minimum atomic E-state index is -0.571. The summed E-state index contributed by atoms with van der Waals surface area (Å²) in [4.78, 5) is 38.6. The van der Waals surface area contributed by atoms with Crippen LogP contribution in [0.3, 0.4) is 0 Å². The fourth-order valence-electron chi connectivity index (χ4n) is 4.13. The summed E-state index contributed by atoms with van der Waals surface area (Å²) in [6, 6.07) is 1.83. The van der Waals surface area contributed by atoms with Crippen molar-refractivity contribution in [3.05, 3.63) is 33.4 Å². The van der Waals surface area contributed by atoms with Gasteiger partial charge in [0.05, 0.1) is 12.5 Å². The third-order valence-electron chi connectivity index (χ3n) is 5.59. The molecular formula is C18H23ClN2O5. The van der Waals surface area contributed by atoms with Crippen LogP contribution in [-0.4, -0.2) is 49.6 Å². The Morgan fingerprint density at radius 1 is 1.23 bits per heavy atom. The molecule has 1 aromatic rings. The van der Waals surface area contributed by atoms with Crippen molar-refractivity contribution in [2.75, 3.05) is 32.8 Å². The molecule has 142 valence electrons. The number of rotatable bonds is 2. The van der Waals surface area contributed by atoms with Gasteiger partial charge < -0.3 is 19.4 Å². The number of nitrogens with one attached hydrogen (secondary N) is 1. The first-order valence-corrected chi connectivity index (χ1v) is 8.86. The minimum Gasteiger partial charge on any atom is -0.465 e. The molecule has 0 aromatic carbocycles. The first kappa shape index (κ1) is 18.9. The van der Waals surface area contributed by atoms with Gasteiger partial charge in [-0.05, 0) is 44.5 Å². The van der Waals surface area contributed by atoms with E-state index in [1.807, 2.05) is 6.07 Å². The van der Waals surface area contributed by atoms with E-state index in [9.17, 15) is 14.4 Å². The average molecular weight is 383 g/mol. The summed E-state index contributed by atoms with van der Waals surface area (Å²) in [5.74, 6) is 0.0823. The smallest absolute Gasteiger partial charge is 0.349 e. The van der Waals surface area contributed by atoms with Gasteiger partial charge in [0.15, 0.2) is 0 Å². The van der Waals surface area contributed by atoms with Gasteiger partial charge in [0.2, 0.25) is 0 Å². The van der Waals surface area contributed by atoms with E-state index in [1.165, 1.54) is 0 Å². The predicted molar refractivity (Wildman–Crippen MR) is 95.7 cm³/mol. The number of fused-ring (bicyclic) bond motifs is 1. The lowest BCUT2D eigenvalue weighted by atomic mass is 9.94. The lowest BCUT2D eigenvalue weighted by Gasteiger charge is -2.22. The maximum atomic E-state index is 12.8. The maximum Gasteiger partial charge on any atom is 0.349 e. The average Bonchev–Trinajstić information content (AvgIpc) is 3.17. The number of ether oxygens (including phenoxy) is 1. The van der Waals surface area contributed by atoms with Crippen LogP contribution in [-0.2, 0) is 9.53 Å². The lowest BCUT2D eigenvalue weighted by Crippen LogP contribution is -2.35. The van der Waals surface area contributed by atoms with Crippen LogP contribution in [0.25, 0.3) is 0 Å². The zero-order chi connectivity index (χ0) is 17.6. The number of hydrogen-bond acceptors (Lipinski definition) is 6. The van der Waals surface area contributed by atoms with Gasteiger partial charge in [-0.15, -0.1) is 12.4 Å². The van der Waals surface area contributed by atoms with E-state index in [0.717, 1.165) is 25.9 Å². The van der Waals surface area contributed by atoms with E-state index < -0.39 is 5.63 Å². The van der Waals surface area contributed by atoms with E-state index in [-0.39, 0.29) is 47.6 Å². The maximum absolute atomic E-state index is 12.8. The molecule has 4 heterocycles. The fraction of sp³-hybridized carbons (Fsp3) is 0.611. The Hall–Kier alpha value is -1.86. The second-order valence-electron chi connectivity index (χ2n) is 7.23. The molecule has 1 N–H and O–H groups in total. The molecule has 0 radical (unpaired) electrons. The highest BCUT2D eigenvalue weighted by atomic mass is 35.5. The van der Waals surface area contributed by atoms with Gasteiger partial charge >= 0.3 is 11.6 Å². The zero-order valence-corrected chi connectivity index (χ0v) is 15.5. The molecular weight excluding hydrogens is 360 g/mol. The summed E-state index contributed by atoms with van der Waals surface area (Å²) in [6.45, 7) is 4.71. The van der Waals surface area contributed by atoms with Crippen LogP contribution in [0.4, 0.5) is 0 Å². The number of hydrogen-bond donors (Lipinski definition) is 1. The Balaban J connectivity index is 0.00000196. The highest BCUT2D eigenvalue weighted by Gasteiger charge is 2.46. The summed E-state index contributed by atoms with van der Waals surface area (Å²) < 4.78 is 10.5. The number of esters is 1. The molecule has 1 amide bonds. The third-order valence-corrected chi connectivity index (χ3v) is 5.59. The Bertz CT molecular complexity index is 771. The molecule has 7 nitrogen and oxygen atoms in total. The molecule has 8 heteroatoms. The normalized spacial score (nSPS) is 25.6. The van der Waals surface area contributed by atoms with Gasteiger partial charge in [-0.25, -0.2) is 4.79 Å². The number of cyclic esters (lactones) is 1. The molecule has 0 spiro atoms. The summed E-state index contributed by atoms with van der Waals surface area (Å²) in [6.07, 6.45) is 1.85. The van der Waals surface area contributed by atoms with E-state index in [0.29, 0.717) is 31.0 Å². The van der Waals surface area contributed by atoms with Crippen molar-refractivity contribution >= 4 is 24.3 Å². The first-order chi connectivity index (χ1) is 12.0. The summed E-state index contributed by atoms with van der Waals surface area (Å²) in [7, 11) is 0. The van der Waals surface area contributed by atoms with Crippen LogP contribution in [0.2, 0.25) is 0 Å². The number of halogens is 1. The molecule has 0 saturated carbocycles. The van der Waals surface area contributed by atoms with Crippen LogP contribution in [0.5, 0.6) is 0 Å². The number of amides is 1. The second kappa shape index (κ2) is 7.40. The summed E-state index contributed by atoms with van der Waals surface area (Å²) >= 11 is 0. The number of carbonyl (C=O) groups excluding carboxylic acids is 2. The Morgan fingerprint density at radius 3 is 2.62 bits per heavy atom. The van der Waals surface area contributed by atoms with Crippen LogP contribution in [0, 0.1) is 18.8 Å². The number of nitrogens with zero attached hydrogens (tertiary/aromatic N) is 1. The number of aryl methyl sites for hydroxylation is 1. The van der Waals surface area contributed by atoms with Gasteiger partial charge in [0.25, 0.3) is 5.91 Å². The largest absolute Gasteiger partial charge is 0.465 e. The molecule has 3 aliphatic heterocycles. The molecule has 2 atom stereocenters. The quantitative estimate of drug-likeness (QED) is 0.770. The molecule has 3 aliphatic rings. The lowest BCUT2D eigenvalue weighted by molar-refractivity contribution is -0.141. The SMILES string of the molecule is Cc1cc(C2CCNCC2)oc(=O)c1C(=O)N1C[C@@H]2COC(=O)[C@@H]2C1.Cl. The van der Waals surface area contributed by atoms with Crippen molar-refractivity contribution in [2.45, 2.75) is 25.7 Å². The van der Waals surface area contributed by atoms with Crippen molar-refractivity contribution in [3.8, 4) is 0 Å². The van der Waals surface area contributed by atoms with Gasteiger partial charge in [-0.3, -0.25) is 9.59 Å². The molecule has 4 rings (SSSR count). The van der Waals surface area contributed by atoms with E-state index in [4.69, 9.17) is 9.15 Å². The van der Waals surface area contributed by atoms with Crippen LogP contribution >= 0.6 is 12.4 Å². The number of piperidine rings is 1. The Labute approximate surface area is 157 Å². The van der Waals surface area contributed by atoms with Crippen LogP contribution in [0.15, 0.2) is 15.3 Å². The monoisotopic (exact) mass is 382 g/mol. The fourth-order valence-corrected chi connectivity index (χ4v) is 4.13. The zero-order valence-electron chi connectivity index (χ0n) is 14.7. The minimum absolute atomic E-state index is 0. The molecule has 0 unspecified atom stereocenters. The summed E-state index contributed by atoms with van der Waals surface area (Å²) in [5, 5.41) is 3.28. The molecule has 3 fully saturated rings. The van der Waals surface area contributed by atoms with E-state index >= 15 is 0 Å². The molecule has 3 saturated heterocycles. The number of likely N-dealkylation sites (tertiary alicyclic amines) is 1. The van der Waals surface area contributed by atoms with Gasteiger partial charge in [0.1, 0.15) is 11.3 Å². The standard InChI is InChI=1S/C18H22N2O5.ClH/c1-10-6-14(11-2-4-19-5-3-11)25-18(23)15(10)16(21)20-7-12-9-24-17(22)13(12)8-20;/h6,11-13,19H,2-5,7-9H2,1H3;1H/t12-,13-;/m1./s1. The van der Waals surface area contributed by atoms with Crippen molar-refractivity contribution in [1.82, 2.24) is 10.2 Å². The highest BCUT2D eigenvalue weighted by molar-refractivity contribution is 5.96. The molecule has 0 bridgehead atoms. The first-order valence-electron chi connectivity index (χ1n) is 8.86. The van der Waals surface area contributed by atoms with Gasteiger partial charge in [-0.2, -0.15) is 0 Å². The summed E-state index contributed by atoms with van der Waals surface area (Å²) in [5.41, 5.74) is 0.165. The molecule has 26 heavy (non-hydrogen) atoms. The van der Waals surface area contributed by atoms with Gasteiger partial charge in [-0.1, -0.05) is 0 Å². The Morgan fingerprint density at radius 2 is 1.96 bits per heavy atom. The van der Waals surface area contributed by atoms with Crippen LogP contribution in [0.1, 0.15) is 40.4 Å². The molecule has 0 aliphatic carbocycles. The van der Waals surface area contributed by atoms with Crippen molar-refractivity contribution in [2.24, 2.45) is 11.8 Å². The highest BCUT2D eigenvalue weighted by Crippen LogP contribution is 2.31. The van der Waals surface area contributed by atoms with E-state index in [1.54, 1.807) is 11.8 Å². The topological polar surface area (TPSA) is 88.8 Å². The van der Waals surface area contributed by atoms with Crippen molar-refractivity contribution in [1.29, 1.82) is 0 Å². The molecule has 1 aromatic heterocycles. The Kier molecular flexibility index (Phi) is 5.39. The predicted octanol–water partition coefficient (Wildman–Crippen LogP) is 1.08. The van der Waals surface area contributed by atoms with Crippen molar-refractivity contribution in [3.63, 3.8) is 0 Å². The van der Waals surface area contributed by atoms with Gasteiger partial charge in [0, 0.05) is 24.9 Å². The second-order valence-corrected chi connectivity index (χ2v) is 7.23. The third kappa shape index (κ3) is 3.25. The number of carbonyl (C=O) groups is 2. The van der Waals surface area contributed by atoms with E-state index in [2.05, 4.69) is 5.32 Å². The van der Waals surface area contributed by atoms with Crippen LogP contribution < -0.4 is 10.9 Å².